The molecule has 1 aromatic rings. The quantitative estimate of drug-likeness (QED) is 0.575. The Labute approximate surface area is 112 Å². The summed E-state index contributed by atoms with van der Waals surface area (Å²) >= 11 is 5.83. The Morgan fingerprint density at radius 3 is 2.50 bits per heavy atom. The van der Waals surface area contributed by atoms with Gasteiger partial charge in [0.15, 0.2) is 5.82 Å². The van der Waals surface area contributed by atoms with E-state index in [-0.39, 0.29) is 21.2 Å². The number of pyridine rings is 1. The second-order valence-electron chi connectivity index (χ2n) is 5.03. The van der Waals surface area contributed by atoms with Crippen molar-refractivity contribution in [2.75, 3.05) is 12.0 Å². The van der Waals surface area contributed by atoms with Gasteiger partial charge in [-0.15, -0.1) is 0 Å². The standard InChI is InChI=1S/C10H17ClN4O2S/c1-10(2,3)6-14-18(16,17)7-4-8(11)9(15-12)13-5-7/h4-5,14H,6,12H2,1-3H3,(H,13,15). The molecule has 0 aliphatic heterocycles. The van der Waals surface area contributed by atoms with E-state index in [9.17, 15) is 8.42 Å². The van der Waals surface area contributed by atoms with Crippen molar-refractivity contribution >= 4 is 27.4 Å². The molecular weight excluding hydrogens is 276 g/mol. The number of anilines is 1. The van der Waals surface area contributed by atoms with Crippen LogP contribution in [0.5, 0.6) is 0 Å². The van der Waals surface area contributed by atoms with Gasteiger partial charge in [-0.05, 0) is 11.5 Å². The fraction of sp³-hybridized carbons (Fsp3) is 0.500. The lowest BCUT2D eigenvalue weighted by Crippen LogP contribution is -2.32. The van der Waals surface area contributed by atoms with Gasteiger partial charge in [-0.25, -0.2) is 24.0 Å². The van der Waals surface area contributed by atoms with E-state index in [0.29, 0.717) is 6.54 Å². The van der Waals surface area contributed by atoms with Crippen LogP contribution in [0.25, 0.3) is 0 Å². The number of sulfonamides is 1. The van der Waals surface area contributed by atoms with E-state index >= 15 is 0 Å². The topological polar surface area (TPSA) is 97.1 Å². The molecule has 4 N–H and O–H groups in total. The normalized spacial score (nSPS) is 12.5. The second kappa shape index (κ2) is 5.40. The molecule has 0 atom stereocenters. The molecule has 0 aliphatic carbocycles. The molecule has 0 bridgehead atoms. The predicted molar refractivity (Wildman–Crippen MR) is 71.7 cm³/mol. The van der Waals surface area contributed by atoms with Crippen LogP contribution in [-0.2, 0) is 10.0 Å². The zero-order chi connectivity index (χ0) is 14.0. The number of nitrogens with one attached hydrogen (secondary N) is 2. The molecule has 0 amide bonds. The maximum absolute atomic E-state index is 12.0. The molecule has 0 spiro atoms. The molecule has 0 aliphatic rings. The predicted octanol–water partition coefficient (Wildman–Crippen LogP) is 1.35. The summed E-state index contributed by atoms with van der Waals surface area (Å²) in [6.45, 7) is 6.12. The Kier molecular flexibility index (Phi) is 4.55. The van der Waals surface area contributed by atoms with Crippen LogP contribution in [0.4, 0.5) is 5.82 Å². The van der Waals surface area contributed by atoms with Crippen molar-refractivity contribution < 1.29 is 8.42 Å². The van der Waals surface area contributed by atoms with Gasteiger partial charge in [-0.2, -0.15) is 0 Å². The minimum atomic E-state index is -3.61. The summed E-state index contributed by atoms with van der Waals surface area (Å²) in [5.74, 6) is 5.39. The molecular formula is C10H17ClN4O2S. The molecule has 0 unspecified atom stereocenters. The number of hydrogen-bond acceptors (Lipinski definition) is 5. The molecule has 0 fully saturated rings. The minimum absolute atomic E-state index is 0.00995. The third-order valence-electron chi connectivity index (χ3n) is 2.06. The van der Waals surface area contributed by atoms with Crippen LogP contribution in [0.1, 0.15) is 20.8 Å². The molecule has 8 heteroatoms. The van der Waals surface area contributed by atoms with Crippen molar-refractivity contribution in [3.63, 3.8) is 0 Å². The lowest BCUT2D eigenvalue weighted by atomic mass is 9.98. The molecule has 6 nitrogen and oxygen atoms in total. The van der Waals surface area contributed by atoms with Crippen LogP contribution in [-0.4, -0.2) is 19.9 Å². The third kappa shape index (κ3) is 4.09. The maximum atomic E-state index is 12.0. The molecule has 0 saturated carbocycles. The van der Waals surface area contributed by atoms with Gasteiger partial charge in [-0.3, -0.25) is 0 Å². The van der Waals surface area contributed by atoms with Gasteiger partial charge in [0.25, 0.3) is 0 Å². The SMILES string of the molecule is CC(C)(C)CNS(=O)(=O)c1cnc(NN)c(Cl)c1. The first kappa shape index (κ1) is 15.2. The first-order valence-corrected chi connectivity index (χ1v) is 7.14. The summed E-state index contributed by atoms with van der Waals surface area (Å²) in [7, 11) is -3.61. The van der Waals surface area contributed by atoms with Gasteiger partial charge >= 0.3 is 0 Å². The highest BCUT2D eigenvalue weighted by Gasteiger charge is 2.19. The number of halogens is 1. The van der Waals surface area contributed by atoms with Crippen molar-refractivity contribution in [2.24, 2.45) is 11.3 Å². The van der Waals surface area contributed by atoms with E-state index in [4.69, 9.17) is 17.4 Å². The van der Waals surface area contributed by atoms with E-state index in [2.05, 4.69) is 15.1 Å². The summed E-state index contributed by atoms with van der Waals surface area (Å²) in [6, 6.07) is 1.30. The average molecular weight is 293 g/mol. The summed E-state index contributed by atoms with van der Waals surface area (Å²) in [5.41, 5.74) is 2.12. The van der Waals surface area contributed by atoms with Crippen LogP contribution < -0.4 is 16.0 Å². The number of nitrogen functional groups attached to an aromatic ring is 1. The van der Waals surface area contributed by atoms with E-state index in [1.54, 1.807) is 0 Å². The van der Waals surface area contributed by atoms with Crippen molar-refractivity contribution in [3.05, 3.63) is 17.3 Å². The summed E-state index contributed by atoms with van der Waals surface area (Å²) in [4.78, 5) is 3.83. The molecule has 1 aromatic heterocycles. The van der Waals surface area contributed by atoms with Gasteiger partial charge in [0, 0.05) is 12.7 Å². The highest BCUT2D eigenvalue weighted by Crippen LogP contribution is 2.22. The number of hydrogen-bond donors (Lipinski definition) is 3. The Morgan fingerprint density at radius 1 is 1.44 bits per heavy atom. The van der Waals surface area contributed by atoms with E-state index in [1.807, 2.05) is 20.8 Å². The van der Waals surface area contributed by atoms with Crippen LogP contribution in [0.15, 0.2) is 17.2 Å². The first-order chi connectivity index (χ1) is 8.15. The monoisotopic (exact) mass is 292 g/mol. The largest absolute Gasteiger partial charge is 0.307 e. The molecule has 1 heterocycles. The number of aromatic nitrogens is 1. The zero-order valence-electron chi connectivity index (χ0n) is 10.5. The fourth-order valence-corrected chi connectivity index (χ4v) is 2.61. The van der Waals surface area contributed by atoms with Crippen LogP contribution in [0, 0.1) is 5.41 Å². The zero-order valence-corrected chi connectivity index (χ0v) is 12.1. The smallest absolute Gasteiger partial charge is 0.242 e. The van der Waals surface area contributed by atoms with Crippen LogP contribution in [0.3, 0.4) is 0 Å². The minimum Gasteiger partial charge on any atom is -0.307 e. The maximum Gasteiger partial charge on any atom is 0.242 e. The molecule has 102 valence electrons. The Bertz CT molecular complexity index is 525. The summed E-state index contributed by atoms with van der Waals surface area (Å²) in [6.07, 6.45) is 1.20. The van der Waals surface area contributed by atoms with Crippen molar-refractivity contribution in [3.8, 4) is 0 Å². The second-order valence-corrected chi connectivity index (χ2v) is 7.21. The molecule has 18 heavy (non-hydrogen) atoms. The van der Waals surface area contributed by atoms with Crippen molar-refractivity contribution in [2.45, 2.75) is 25.7 Å². The summed E-state index contributed by atoms with van der Waals surface area (Å²) in [5, 5.41) is 0.149. The fourth-order valence-electron chi connectivity index (χ4n) is 1.07. The lowest BCUT2D eigenvalue weighted by molar-refractivity contribution is 0.407. The molecule has 0 aromatic carbocycles. The number of hydrazine groups is 1. The first-order valence-electron chi connectivity index (χ1n) is 5.27. The molecule has 0 radical (unpaired) electrons. The summed E-state index contributed by atoms with van der Waals surface area (Å²) < 4.78 is 26.4. The Morgan fingerprint density at radius 2 is 2.06 bits per heavy atom. The van der Waals surface area contributed by atoms with E-state index in [0.717, 1.165) is 0 Å². The van der Waals surface area contributed by atoms with Gasteiger partial charge in [0.05, 0.1) is 5.02 Å². The number of rotatable bonds is 4. The number of nitrogens with two attached hydrogens (primary N) is 1. The van der Waals surface area contributed by atoms with Crippen LogP contribution in [0.2, 0.25) is 5.02 Å². The van der Waals surface area contributed by atoms with Gasteiger partial charge in [0.1, 0.15) is 4.90 Å². The highest BCUT2D eigenvalue weighted by molar-refractivity contribution is 7.89. The van der Waals surface area contributed by atoms with Gasteiger partial charge in [0.2, 0.25) is 10.0 Å². The van der Waals surface area contributed by atoms with Crippen LogP contribution >= 0.6 is 11.6 Å². The Hall–Kier alpha value is -0.890. The third-order valence-corrected chi connectivity index (χ3v) is 3.71. The van der Waals surface area contributed by atoms with Crippen molar-refractivity contribution in [1.29, 1.82) is 0 Å². The highest BCUT2D eigenvalue weighted by atomic mass is 35.5. The van der Waals surface area contributed by atoms with E-state index < -0.39 is 10.0 Å². The number of nitrogens with zero attached hydrogens (tertiary/aromatic N) is 1. The van der Waals surface area contributed by atoms with Gasteiger partial charge in [-0.1, -0.05) is 32.4 Å². The lowest BCUT2D eigenvalue weighted by Gasteiger charge is -2.18. The van der Waals surface area contributed by atoms with E-state index in [1.165, 1.54) is 12.3 Å². The van der Waals surface area contributed by atoms with Gasteiger partial charge < -0.3 is 5.43 Å². The Balaban J connectivity index is 2.96. The average Bonchev–Trinajstić information content (AvgIpc) is 2.25. The molecule has 0 saturated heterocycles. The van der Waals surface area contributed by atoms with Crippen molar-refractivity contribution in [1.82, 2.24) is 9.71 Å². The molecule has 1 rings (SSSR count).